The second-order valence-corrected chi connectivity index (χ2v) is 5.99. The standard InChI is InChI=1S/C18H15F5N2O2/c1-10-2-3-14-13(7-11(6-10)18(21,22)23)25-17(27-14)12-4-5-24-8-15(12)26-9-16(19)20/h4-8,16H,2-3,9H2,1H3. The fourth-order valence-corrected chi connectivity index (χ4v) is 2.60. The van der Waals surface area contributed by atoms with E-state index in [0.29, 0.717) is 18.4 Å². The lowest BCUT2D eigenvalue weighted by Gasteiger charge is -2.11. The van der Waals surface area contributed by atoms with E-state index >= 15 is 0 Å². The predicted molar refractivity (Wildman–Crippen MR) is 87.3 cm³/mol. The first kappa shape index (κ1) is 19.1. The normalized spacial score (nSPS) is 14.9. The van der Waals surface area contributed by atoms with Gasteiger partial charge in [-0.2, -0.15) is 13.2 Å². The van der Waals surface area contributed by atoms with Gasteiger partial charge < -0.3 is 9.15 Å². The van der Waals surface area contributed by atoms with Crippen LogP contribution in [-0.4, -0.2) is 29.2 Å². The van der Waals surface area contributed by atoms with Crippen molar-refractivity contribution in [3.05, 3.63) is 47.1 Å². The summed E-state index contributed by atoms with van der Waals surface area (Å²) < 4.78 is 75.1. The minimum atomic E-state index is -4.53. The topological polar surface area (TPSA) is 48.2 Å². The van der Waals surface area contributed by atoms with Crippen LogP contribution in [0.3, 0.4) is 0 Å². The van der Waals surface area contributed by atoms with E-state index in [0.717, 1.165) is 12.2 Å². The van der Waals surface area contributed by atoms with Crippen molar-refractivity contribution in [2.75, 3.05) is 6.61 Å². The SMILES string of the molecule is CC1=CC(C(F)(F)F)=Cc2nc(-c3ccncc3OCC(F)F)oc2CC1. The zero-order valence-electron chi connectivity index (χ0n) is 14.2. The number of ether oxygens (including phenoxy) is 1. The summed E-state index contributed by atoms with van der Waals surface area (Å²) in [7, 11) is 0. The smallest absolute Gasteiger partial charge is 0.416 e. The Hall–Kier alpha value is -2.71. The molecule has 0 saturated carbocycles. The number of fused-ring (bicyclic) bond motifs is 1. The van der Waals surface area contributed by atoms with Gasteiger partial charge in [0.1, 0.15) is 18.1 Å². The molecule has 9 heteroatoms. The molecule has 1 aliphatic carbocycles. The summed E-state index contributed by atoms with van der Waals surface area (Å²) in [6, 6.07) is 1.44. The molecule has 0 saturated heterocycles. The van der Waals surface area contributed by atoms with Gasteiger partial charge in [-0.3, -0.25) is 4.98 Å². The lowest BCUT2D eigenvalue weighted by atomic mass is 10.0. The highest BCUT2D eigenvalue weighted by molar-refractivity contribution is 5.65. The van der Waals surface area contributed by atoms with Crippen LogP contribution in [0.5, 0.6) is 5.75 Å². The van der Waals surface area contributed by atoms with Gasteiger partial charge in [-0.15, -0.1) is 0 Å². The molecule has 0 unspecified atom stereocenters. The zero-order valence-corrected chi connectivity index (χ0v) is 14.2. The van der Waals surface area contributed by atoms with Crippen molar-refractivity contribution in [2.45, 2.75) is 32.4 Å². The monoisotopic (exact) mass is 386 g/mol. The van der Waals surface area contributed by atoms with E-state index in [4.69, 9.17) is 9.15 Å². The van der Waals surface area contributed by atoms with E-state index in [9.17, 15) is 22.0 Å². The van der Waals surface area contributed by atoms with Gasteiger partial charge in [0.2, 0.25) is 5.89 Å². The molecular weight excluding hydrogens is 371 g/mol. The van der Waals surface area contributed by atoms with Gasteiger partial charge in [0.25, 0.3) is 6.43 Å². The Labute approximate surface area is 151 Å². The van der Waals surface area contributed by atoms with Crippen LogP contribution in [0.15, 0.2) is 40.1 Å². The van der Waals surface area contributed by atoms with Crippen molar-refractivity contribution in [3.8, 4) is 17.2 Å². The molecule has 0 aromatic carbocycles. The van der Waals surface area contributed by atoms with Crippen molar-refractivity contribution < 1.29 is 31.1 Å². The molecule has 0 atom stereocenters. The van der Waals surface area contributed by atoms with E-state index in [1.54, 1.807) is 6.92 Å². The predicted octanol–water partition coefficient (Wildman–Crippen LogP) is 5.22. The summed E-state index contributed by atoms with van der Waals surface area (Å²) in [6.45, 7) is 0.765. The van der Waals surface area contributed by atoms with Gasteiger partial charge in [-0.05, 0) is 25.5 Å². The van der Waals surface area contributed by atoms with Gasteiger partial charge in [-0.1, -0.05) is 11.6 Å². The molecule has 2 heterocycles. The van der Waals surface area contributed by atoms with Crippen LogP contribution in [0.4, 0.5) is 22.0 Å². The van der Waals surface area contributed by atoms with E-state index in [1.807, 2.05) is 0 Å². The Balaban J connectivity index is 2.02. The highest BCUT2D eigenvalue weighted by Gasteiger charge is 2.33. The van der Waals surface area contributed by atoms with Crippen molar-refractivity contribution >= 4 is 6.08 Å². The molecule has 0 amide bonds. The molecule has 2 aromatic rings. The van der Waals surface area contributed by atoms with Crippen molar-refractivity contribution in [1.29, 1.82) is 0 Å². The molecule has 0 spiro atoms. The molecule has 0 aliphatic heterocycles. The van der Waals surface area contributed by atoms with Crippen LogP contribution >= 0.6 is 0 Å². The highest BCUT2D eigenvalue weighted by atomic mass is 19.4. The number of alkyl halides is 5. The maximum absolute atomic E-state index is 13.2. The van der Waals surface area contributed by atoms with Crippen molar-refractivity contribution in [2.24, 2.45) is 0 Å². The molecule has 27 heavy (non-hydrogen) atoms. The molecule has 144 valence electrons. The molecule has 0 fully saturated rings. The highest BCUT2D eigenvalue weighted by Crippen LogP contribution is 2.35. The Kier molecular flexibility index (Phi) is 5.29. The fraction of sp³-hybridized carbons (Fsp3) is 0.333. The van der Waals surface area contributed by atoms with Crippen molar-refractivity contribution in [3.63, 3.8) is 0 Å². The molecule has 3 rings (SSSR count). The van der Waals surface area contributed by atoms with E-state index in [-0.39, 0.29) is 28.7 Å². The number of nitrogens with zero attached hydrogens (tertiary/aromatic N) is 2. The molecule has 2 aromatic heterocycles. The summed E-state index contributed by atoms with van der Waals surface area (Å²) in [5.41, 5.74) is 0.0264. The number of pyridine rings is 1. The number of hydrogen-bond acceptors (Lipinski definition) is 4. The minimum Gasteiger partial charge on any atom is -0.485 e. The second-order valence-electron chi connectivity index (χ2n) is 5.99. The van der Waals surface area contributed by atoms with Crippen LogP contribution in [0, 0.1) is 0 Å². The van der Waals surface area contributed by atoms with Gasteiger partial charge >= 0.3 is 6.18 Å². The quantitative estimate of drug-likeness (QED) is 0.676. The van der Waals surface area contributed by atoms with E-state index < -0.39 is 24.8 Å². The van der Waals surface area contributed by atoms with Crippen LogP contribution in [0.2, 0.25) is 0 Å². The number of hydrogen-bond donors (Lipinski definition) is 0. The first-order valence-corrected chi connectivity index (χ1v) is 8.05. The summed E-state index contributed by atoms with van der Waals surface area (Å²) in [6.07, 6.45) is -1.86. The Morgan fingerprint density at radius 2 is 2.00 bits per heavy atom. The van der Waals surface area contributed by atoms with Gasteiger partial charge in [-0.25, -0.2) is 13.8 Å². The van der Waals surface area contributed by atoms with Crippen LogP contribution in [0.25, 0.3) is 17.5 Å². The Bertz CT molecular complexity index is 884. The van der Waals surface area contributed by atoms with Crippen LogP contribution in [0.1, 0.15) is 24.8 Å². The maximum Gasteiger partial charge on any atom is 0.416 e. The summed E-state index contributed by atoms with van der Waals surface area (Å²) >= 11 is 0. The zero-order chi connectivity index (χ0) is 19.6. The number of halogens is 5. The molecule has 1 aliphatic rings. The summed E-state index contributed by atoms with van der Waals surface area (Å²) in [5, 5.41) is 0. The third-order valence-corrected chi connectivity index (χ3v) is 3.88. The number of oxazole rings is 1. The van der Waals surface area contributed by atoms with Gasteiger partial charge in [0, 0.05) is 12.6 Å². The first-order chi connectivity index (χ1) is 12.7. The second kappa shape index (κ2) is 7.50. The molecule has 0 bridgehead atoms. The summed E-state index contributed by atoms with van der Waals surface area (Å²) in [5.74, 6) is 0.293. The van der Waals surface area contributed by atoms with Crippen molar-refractivity contribution in [1.82, 2.24) is 9.97 Å². The Morgan fingerprint density at radius 3 is 2.70 bits per heavy atom. The number of rotatable bonds is 4. The number of aromatic nitrogens is 2. The Morgan fingerprint density at radius 1 is 1.22 bits per heavy atom. The molecule has 0 radical (unpaired) electrons. The minimum absolute atomic E-state index is 0.0102. The molecule has 0 N–H and O–H groups in total. The lowest BCUT2D eigenvalue weighted by molar-refractivity contribution is -0.0874. The maximum atomic E-state index is 13.2. The number of allylic oxidation sites excluding steroid dienone is 3. The third-order valence-electron chi connectivity index (χ3n) is 3.88. The van der Waals surface area contributed by atoms with E-state index in [2.05, 4.69) is 9.97 Å². The van der Waals surface area contributed by atoms with Crippen LogP contribution in [-0.2, 0) is 6.42 Å². The molecular formula is C18H15F5N2O2. The largest absolute Gasteiger partial charge is 0.485 e. The number of aryl methyl sites for hydroxylation is 1. The van der Waals surface area contributed by atoms with Gasteiger partial charge in [0.15, 0.2) is 5.75 Å². The fourth-order valence-electron chi connectivity index (χ4n) is 2.60. The summed E-state index contributed by atoms with van der Waals surface area (Å²) in [4.78, 5) is 7.94. The van der Waals surface area contributed by atoms with E-state index in [1.165, 1.54) is 18.5 Å². The first-order valence-electron chi connectivity index (χ1n) is 8.05. The average molecular weight is 386 g/mol. The average Bonchev–Trinajstić information content (AvgIpc) is 2.97. The molecule has 4 nitrogen and oxygen atoms in total. The van der Waals surface area contributed by atoms with Gasteiger partial charge in [0.05, 0.1) is 17.3 Å². The van der Waals surface area contributed by atoms with Crippen LogP contribution < -0.4 is 4.74 Å². The lowest BCUT2D eigenvalue weighted by Crippen LogP contribution is -2.11. The third kappa shape index (κ3) is 4.53.